The largest absolute Gasteiger partial charge is 0.491 e. The lowest BCUT2D eigenvalue weighted by Crippen LogP contribution is -2.59. The molecule has 1 saturated carbocycles. The highest BCUT2D eigenvalue weighted by Crippen LogP contribution is 2.42. The molecular weight excluding hydrogens is 320 g/mol. The molecule has 2 aliphatic rings. The van der Waals surface area contributed by atoms with Gasteiger partial charge in [-0.1, -0.05) is 38.5 Å². The third kappa shape index (κ3) is 3.23. The molecule has 25 heavy (non-hydrogen) atoms. The van der Waals surface area contributed by atoms with E-state index in [1.54, 1.807) is 12.1 Å². The summed E-state index contributed by atoms with van der Waals surface area (Å²) in [5, 5.41) is 13.2. The van der Waals surface area contributed by atoms with Gasteiger partial charge in [-0.05, 0) is 36.8 Å². The van der Waals surface area contributed by atoms with Crippen LogP contribution in [0.5, 0.6) is 5.75 Å². The van der Waals surface area contributed by atoms with Crippen LogP contribution in [0.15, 0.2) is 30.3 Å². The lowest BCUT2D eigenvalue weighted by atomic mass is 9.67. The second kappa shape index (κ2) is 7.04. The van der Waals surface area contributed by atoms with Crippen molar-refractivity contribution in [3.8, 4) is 5.75 Å². The number of para-hydroxylation sites is 1. The Hall–Kier alpha value is -2.08. The first-order valence-electron chi connectivity index (χ1n) is 8.95. The number of β-amino-alcohol motifs (C(OH)–C–C–N with tert-alkyl or cyclic N) is 1. The van der Waals surface area contributed by atoms with Crippen LogP contribution in [0.4, 0.5) is 4.79 Å². The van der Waals surface area contributed by atoms with Crippen molar-refractivity contribution in [2.24, 2.45) is 11.8 Å². The summed E-state index contributed by atoms with van der Waals surface area (Å²) in [4.78, 5) is 26.6. The van der Waals surface area contributed by atoms with Crippen LogP contribution in [-0.2, 0) is 4.79 Å². The standard InChI is InChI=1S/C19H26N2O4/c1-13-7-6-8-14(2)19(13)17(23)21(18(24)20-19)11-15(22)12-25-16-9-4-3-5-10-16/h3-5,9-10,13-15,22H,6-8,11-12H2,1-2H3,(H,20,24)/t13-,14-,15+/m0/s1. The molecule has 3 atom stereocenters. The van der Waals surface area contributed by atoms with Gasteiger partial charge >= 0.3 is 6.03 Å². The Morgan fingerprint density at radius 1 is 1.24 bits per heavy atom. The van der Waals surface area contributed by atoms with Crippen LogP contribution in [-0.4, -0.2) is 46.7 Å². The minimum absolute atomic E-state index is 0.0270. The number of carbonyl (C=O) groups is 2. The van der Waals surface area contributed by atoms with Gasteiger partial charge in [0.05, 0.1) is 6.54 Å². The van der Waals surface area contributed by atoms with Crippen LogP contribution in [0.1, 0.15) is 33.1 Å². The number of hydrogen-bond donors (Lipinski definition) is 2. The van der Waals surface area contributed by atoms with Crippen molar-refractivity contribution in [3.05, 3.63) is 30.3 Å². The molecule has 6 nitrogen and oxygen atoms in total. The summed E-state index contributed by atoms with van der Waals surface area (Å²) in [6.07, 6.45) is 1.98. The number of urea groups is 1. The highest BCUT2D eigenvalue weighted by Gasteiger charge is 2.58. The fourth-order valence-electron chi connectivity index (χ4n) is 4.09. The molecule has 1 aliphatic heterocycles. The third-order valence-electron chi connectivity index (χ3n) is 5.57. The Kier molecular flexibility index (Phi) is 4.99. The van der Waals surface area contributed by atoms with Gasteiger partial charge in [0.1, 0.15) is 24.0 Å². The molecule has 0 radical (unpaired) electrons. The van der Waals surface area contributed by atoms with E-state index in [-0.39, 0.29) is 30.9 Å². The first kappa shape index (κ1) is 17.7. The average molecular weight is 346 g/mol. The summed E-state index contributed by atoms with van der Waals surface area (Å²) in [6, 6.07) is 8.73. The Bertz CT molecular complexity index is 624. The van der Waals surface area contributed by atoms with Gasteiger partial charge in [-0.3, -0.25) is 9.69 Å². The molecule has 0 aromatic heterocycles. The first-order chi connectivity index (χ1) is 11.9. The summed E-state index contributed by atoms with van der Waals surface area (Å²) in [6.45, 7) is 4.01. The molecule has 2 N–H and O–H groups in total. The summed E-state index contributed by atoms with van der Waals surface area (Å²) in [5.41, 5.74) is -0.824. The van der Waals surface area contributed by atoms with Crippen LogP contribution in [0.2, 0.25) is 0 Å². The number of nitrogens with zero attached hydrogens (tertiary/aromatic N) is 1. The number of rotatable bonds is 5. The second-order valence-corrected chi connectivity index (χ2v) is 7.23. The van der Waals surface area contributed by atoms with Crippen LogP contribution in [0.3, 0.4) is 0 Å². The molecule has 3 amide bonds. The van der Waals surface area contributed by atoms with E-state index in [2.05, 4.69) is 5.32 Å². The number of aliphatic hydroxyl groups excluding tert-OH is 1. The van der Waals surface area contributed by atoms with Crippen molar-refractivity contribution in [2.45, 2.75) is 44.8 Å². The molecule has 0 bridgehead atoms. The zero-order valence-electron chi connectivity index (χ0n) is 14.8. The van der Waals surface area contributed by atoms with Crippen molar-refractivity contribution in [1.82, 2.24) is 10.2 Å². The maximum absolute atomic E-state index is 13.0. The summed E-state index contributed by atoms with van der Waals surface area (Å²) < 4.78 is 5.51. The number of imide groups is 1. The number of nitrogens with one attached hydrogen (secondary N) is 1. The number of carbonyl (C=O) groups excluding carboxylic acids is 2. The number of hydrogen-bond acceptors (Lipinski definition) is 4. The monoisotopic (exact) mass is 346 g/mol. The molecule has 136 valence electrons. The van der Waals surface area contributed by atoms with Gasteiger partial charge in [-0.2, -0.15) is 0 Å². The topological polar surface area (TPSA) is 78.9 Å². The summed E-state index contributed by atoms with van der Waals surface area (Å²) in [7, 11) is 0. The quantitative estimate of drug-likeness (QED) is 0.801. The van der Waals surface area contributed by atoms with E-state index in [4.69, 9.17) is 4.74 Å². The molecule has 1 aliphatic carbocycles. The number of benzene rings is 1. The lowest BCUT2D eigenvalue weighted by molar-refractivity contribution is -0.137. The molecule has 1 aromatic rings. The molecule has 0 unspecified atom stereocenters. The fourth-order valence-corrected chi connectivity index (χ4v) is 4.09. The van der Waals surface area contributed by atoms with Gasteiger partial charge in [-0.25, -0.2) is 4.79 Å². The van der Waals surface area contributed by atoms with Crippen molar-refractivity contribution >= 4 is 11.9 Å². The van der Waals surface area contributed by atoms with Crippen molar-refractivity contribution in [1.29, 1.82) is 0 Å². The second-order valence-electron chi connectivity index (χ2n) is 7.23. The van der Waals surface area contributed by atoms with Gasteiger partial charge in [0, 0.05) is 0 Å². The van der Waals surface area contributed by atoms with Crippen LogP contribution >= 0.6 is 0 Å². The lowest BCUT2D eigenvalue weighted by Gasteiger charge is -2.42. The van der Waals surface area contributed by atoms with E-state index in [0.717, 1.165) is 24.2 Å². The average Bonchev–Trinajstić information content (AvgIpc) is 2.85. The minimum atomic E-state index is -0.931. The summed E-state index contributed by atoms with van der Waals surface area (Å²) in [5.74, 6) is 0.617. The molecular formula is C19H26N2O4. The first-order valence-corrected chi connectivity index (χ1v) is 8.95. The van der Waals surface area contributed by atoms with Gasteiger partial charge in [0.25, 0.3) is 5.91 Å². The Balaban J connectivity index is 1.64. The fraction of sp³-hybridized carbons (Fsp3) is 0.579. The SMILES string of the molecule is C[C@H]1CCC[C@H](C)C12NC(=O)N(C[C@@H](O)COc1ccccc1)C2=O. The number of ether oxygens (including phenoxy) is 1. The highest BCUT2D eigenvalue weighted by molar-refractivity contribution is 6.07. The van der Waals surface area contributed by atoms with E-state index in [1.165, 1.54) is 0 Å². The molecule has 1 saturated heterocycles. The van der Waals surface area contributed by atoms with Crippen LogP contribution in [0.25, 0.3) is 0 Å². The van der Waals surface area contributed by atoms with Crippen molar-refractivity contribution < 1.29 is 19.4 Å². The van der Waals surface area contributed by atoms with E-state index in [9.17, 15) is 14.7 Å². The Labute approximate surface area is 148 Å². The van der Waals surface area contributed by atoms with Gasteiger partial charge < -0.3 is 15.2 Å². The van der Waals surface area contributed by atoms with Crippen molar-refractivity contribution in [3.63, 3.8) is 0 Å². The zero-order chi connectivity index (χ0) is 18.0. The predicted molar refractivity (Wildman–Crippen MR) is 93.1 cm³/mol. The molecule has 1 spiro atoms. The smallest absolute Gasteiger partial charge is 0.325 e. The van der Waals surface area contributed by atoms with Gasteiger partial charge in [0.15, 0.2) is 0 Å². The van der Waals surface area contributed by atoms with Gasteiger partial charge in [-0.15, -0.1) is 0 Å². The maximum Gasteiger partial charge on any atom is 0.325 e. The van der Waals surface area contributed by atoms with E-state index < -0.39 is 17.7 Å². The predicted octanol–water partition coefficient (Wildman–Crippen LogP) is 2.17. The maximum atomic E-state index is 13.0. The molecule has 1 heterocycles. The highest BCUT2D eigenvalue weighted by atomic mass is 16.5. The minimum Gasteiger partial charge on any atom is -0.491 e. The van der Waals surface area contributed by atoms with Crippen molar-refractivity contribution in [2.75, 3.05) is 13.2 Å². The van der Waals surface area contributed by atoms with E-state index >= 15 is 0 Å². The normalized spacial score (nSPS) is 26.6. The molecule has 2 fully saturated rings. The molecule has 6 heteroatoms. The van der Waals surface area contributed by atoms with E-state index in [1.807, 2.05) is 32.0 Å². The number of amides is 3. The summed E-state index contributed by atoms with van der Waals surface area (Å²) >= 11 is 0. The van der Waals surface area contributed by atoms with E-state index in [0.29, 0.717) is 5.75 Å². The Morgan fingerprint density at radius 2 is 1.88 bits per heavy atom. The molecule has 1 aromatic carbocycles. The van der Waals surface area contributed by atoms with Gasteiger partial charge in [0.2, 0.25) is 0 Å². The third-order valence-corrected chi connectivity index (χ3v) is 5.57. The Morgan fingerprint density at radius 3 is 2.52 bits per heavy atom. The molecule has 3 rings (SSSR count). The van der Waals surface area contributed by atoms with Crippen LogP contribution < -0.4 is 10.1 Å². The zero-order valence-corrected chi connectivity index (χ0v) is 14.8. The van der Waals surface area contributed by atoms with Crippen LogP contribution in [0, 0.1) is 11.8 Å². The number of aliphatic hydroxyl groups is 1.